The highest BCUT2D eigenvalue weighted by atomic mass is 16.4. The van der Waals surface area contributed by atoms with E-state index < -0.39 is 17.4 Å². The molecule has 0 saturated heterocycles. The molecule has 1 atom stereocenters. The standard InChI is InChI=1S/C12H22N2O3/c1-8-3-5-12(6-4-8,11(16)17)7-14-10(15)9(2)13/h8-9H,3-7,13H2,1-2H3,(H,14,15)(H,16,17)/t8?,9-,12?/m1/s1. The summed E-state index contributed by atoms with van der Waals surface area (Å²) in [6.45, 7) is 3.91. The molecule has 1 aliphatic rings. The molecule has 0 bridgehead atoms. The molecule has 4 N–H and O–H groups in total. The van der Waals surface area contributed by atoms with Crippen molar-refractivity contribution in [2.75, 3.05) is 6.54 Å². The van der Waals surface area contributed by atoms with Crippen LogP contribution in [0.3, 0.4) is 0 Å². The van der Waals surface area contributed by atoms with Crippen molar-refractivity contribution in [3.63, 3.8) is 0 Å². The second kappa shape index (κ2) is 5.49. The fraction of sp³-hybridized carbons (Fsp3) is 0.833. The van der Waals surface area contributed by atoms with Crippen molar-refractivity contribution in [1.82, 2.24) is 5.32 Å². The fourth-order valence-electron chi connectivity index (χ4n) is 2.20. The lowest BCUT2D eigenvalue weighted by Gasteiger charge is -2.36. The molecule has 1 saturated carbocycles. The number of carboxylic acid groups (broad SMARTS) is 1. The molecule has 1 amide bonds. The van der Waals surface area contributed by atoms with Crippen LogP contribution in [0, 0.1) is 11.3 Å². The van der Waals surface area contributed by atoms with E-state index in [1.54, 1.807) is 6.92 Å². The van der Waals surface area contributed by atoms with Gasteiger partial charge in [-0.1, -0.05) is 6.92 Å². The SMILES string of the molecule is CC1CCC(CNC(=O)[C@@H](C)N)(C(=O)O)CC1. The summed E-state index contributed by atoms with van der Waals surface area (Å²) in [4.78, 5) is 22.8. The number of carbonyl (C=O) groups excluding carboxylic acids is 1. The van der Waals surface area contributed by atoms with E-state index in [9.17, 15) is 14.7 Å². The quantitative estimate of drug-likeness (QED) is 0.677. The number of amides is 1. The van der Waals surface area contributed by atoms with Crippen molar-refractivity contribution >= 4 is 11.9 Å². The van der Waals surface area contributed by atoms with Crippen LogP contribution in [-0.4, -0.2) is 29.6 Å². The van der Waals surface area contributed by atoms with Gasteiger partial charge in [0.2, 0.25) is 5.91 Å². The lowest BCUT2D eigenvalue weighted by molar-refractivity contribution is -0.151. The number of hydrogen-bond acceptors (Lipinski definition) is 3. The maximum Gasteiger partial charge on any atom is 0.311 e. The Morgan fingerprint density at radius 2 is 2.00 bits per heavy atom. The van der Waals surface area contributed by atoms with Crippen molar-refractivity contribution in [3.05, 3.63) is 0 Å². The first-order chi connectivity index (χ1) is 7.87. The van der Waals surface area contributed by atoms with Gasteiger partial charge in [0.05, 0.1) is 11.5 Å². The lowest BCUT2D eigenvalue weighted by Crippen LogP contribution is -2.48. The molecular formula is C12H22N2O3. The fourth-order valence-corrected chi connectivity index (χ4v) is 2.20. The Hall–Kier alpha value is -1.10. The zero-order valence-corrected chi connectivity index (χ0v) is 10.5. The number of nitrogens with one attached hydrogen (secondary N) is 1. The van der Waals surface area contributed by atoms with Gasteiger partial charge >= 0.3 is 5.97 Å². The molecule has 0 aromatic heterocycles. The van der Waals surface area contributed by atoms with Crippen LogP contribution in [-0.2, 0) is 9.59 Å². The first-order valence-corrected chi connectivity index (χ1v) is 6.14. The van der Waals surface area contributed by atoms with Gasteiger partial charge in [0.25, 0.3) is 0 Å². The second-order valence-electron chi connectivity index (χ2n) is 5.27. The summed E-state index contributed by atoms with van der Waals surface area (Å²) in [5, 5.41) is 12.0. The number of carbonyl (C=O) groups is 2. The van der Waals surface area contributed by atoms with Gasteiger partial charge in [-0.2, -0.15) is 0 Å². The minimum Gasteiger partial charge on any atom is -0.481 e. The first kappa shape index (κ1) is 14.0. The lowest BCUT2D eigenvalue weighted by atomic mass is 9.71. The van der Waals surface area contributed by atoms with Gasteiger partial charge in [0, 0.05) is 6.54 Å². The number of rotatable bonds is 4. The molecule has 0 aliphatic heterocycles. The van der Waals surface area contributed by atoms with Crippen LogP contribution >= 0.6 is 0 Å². The van der Waals surface area contributed by atoms with E-state index in [2.05, 4.69) is 12.2 Å². The van der Waals surface area contributed by atoms with Crippen molar-refractivity contribution in [2.24, 2.45) is 17.1 Å². The van der Waals surface area contributed by atoms with Crippen LogP contribution in [0.5, 0.6) is 0 Å². The van der Waals surface area contributed by atoms with E-state index in [4.69, 9.17) is 5.73 Å². The molecular weight excluding hydrogens is 220 g/mol. The van der Waals surface area contributed by atoms with E-state index in [1.807, 2.05) is 0 Å². The van der Waals surface area contributed by atoms with Gasteiger partial charge in [-0.05, 0) is 38.5 Å². The summed E-state index contributed by atoms with van der Waals surface area (Å²) in [6.07, 6.45) is 3.06. The normalized spacial score (nSPS) is 30.6. The Morgan fingerprint density at radius 3 is 2.41 bits per heavy atom. The molecule has 0 radical (unpaired) electrons. The van der Waals surface area contributed by atoms with Crippen LogP contribution in [0.25, 0.3) is 0 Å². The minimum absolute atomic E-state index is 0.190. The van der Waals surface area contributed by atoms with E-state index in [1.165, 1.54) is 0 Å². The molecule has 0 aromatic carbocycles. The zero-order valence-electron chi connectivity index (χ0n) is 10.5. The molecule has 5 nitrogen and oxygen atoms in total. The van der Waals surface area contributed by atoms with E-state index >= 15 is 0 Å². The van der Waals surface area contributed by atoms with Gasteiger partial charge in [-0.15, -0.1) is 0 Å². The topological polar surface area (TPSA) is 92.4 Å². The predicted molar refractivity (Wildman–Crippen MR) is 64.4 cm³/mol. The predicted octanol–water partition coefficient (Wildman–Crippen LogP) is 0.731. The Kier molecular flexibility index (Phi) is 4.51. The Balaban J connectivity index is 2.61. The van der Waals surface area contributed by atoms with Gasteiger partial charge in [0.1, 0.15) is 0 Å². The monoisotopic (exact) mass is 242 g/mol. The third kappa shape index (κ3) is 3.43. The van der Waals surface area contributed by atoms with E-state index in [0.717, 1.165) is 12.8 Å². The summed E-state index contributed by atoms with van der Waals surface area (Å²) >= 11 is 0. The van der Waals surface area contributed by atoms with Crippen LogP contribution in [0.1, 0.15) is 39.5 Å². The highest BCUT2D eigenvalue weighted by molar-refractivity contribution is 5.82. The Morgan fingerprint density at radius 1 is 1.47 bits per heavy atom. The summed E-state index contributed by atoms with van der Waals surface area (Å²) < 4.78 is 0. The van der Waals surface area contributed by atoms with Gasteiger partial charge in [0.15, 0.2) is 0 Å². The second-order valence-corrected chi connectivity index (χ2v) is 5.27. The molecule has 17 heavy (non-hydrogen) atoms. The van der Waals surface area contributed by atoms with Crippen LogP contribution in [0.2, 0.25) is 0 Å². The van der Waals surface area contributed by atoms with Crippen molar-refractivity contribution < 1.29 is 14.7 Å². The molecule has 1 aliphatic carbocycles. The summed E-state index contributed by atoms with van der Waals surface area (Å²) in [5.74, 6) is -0.523. The minimum atomic E-state index is -0.811. The van der Waals surface area contributed by atoms with Crippen LogP contribution < -0.4 is 11.1 Å². The number of aliphatic carboxylic acids is 1. The van der Waals surface area contributed by atoms with Gasteiger partial charge < -0.3 is 16.2 Å². The number of nitrogens with two attached hydrogens (primary N) is 1. The first-order valence-electron chi connectivity index (χ1n) is 6.14. The molecule has 0 spiro atoms. The summed E-state index contributed by atoms with van der Waals surface area (Å²) in [5.41, 5.74) is 4.64. The van der Waals surface area contributed by atoms with Crippen LogP contribution in [0.4, 0.5) is 0 Å². The molecule has 1 rings (SSSR count). The molecule has 0 unspecified atom stereocenters. The van der Waals surface area contributed by atoms with Gasteiger partial charge in [-0.3, -0.25) is 9.59 Å². The molecule has 1 fully saturated rings. The maximum absolute atomic E-state index is 11.4. The summed E-state index contributed by atoms with van der Waals surface area (Å²) in [6, 6.07) is -0.594. The van der Waals surface area contributed by atoms with E-state index in [0.29, 0.717) is 18.8 Å². The van der Waals surface area contributed by atoms with Crippen LogP contribution in [0.15, 0.2) is 0 Å². The third-order valence-electron chi connectivity index (χ3n) is 3.70. The summed E-state index contributed by atoms with van der Waals surface area (Å²) in [7, 11) is 0. The van der Waals surface area contributed by atoms with Gasteiger partial charge in [-0.25, -0.2) is 0 Å². The average Bonchev–Trinajstić information content (AvgIpc) is 2.27. The Bertz CT molecular complexity index is 294. The third-order valence-corrected chi connectivity index (χ3v) is 3.70. The Labute approximate surface area is 102 Å². The van der Waals surface area contributed by atoms with Crippen molar-refractivity contribution in [2.45, 2.75) is 45.6 Å². The largest absolute Gasteiger partial charge is 0.481 e. The van der Waals surface area contributed by atoms with Crippen molar-refractivity contribution in [3.8, 4) is 0 Å². The maximum atomic E-state index is 11.4. The average molecular weight is 242 g/mol. The number of carboxylic acids is 1. The highest BCUT2D eigenvalue weighted by Gasteiger charge is 2.41. The number of hydrogen-bond donors (Lipinski definition) is 3. The molecule has 0 heterocycles. The highest BCUT2D eigenvalue weighted by Crippen LogP contribution is 2.38. The van der Waals surface area contributed by atoms with Crippen molar-refractivity contribution in [1.29, 1.82) is 0 Å². The smallest absolute Gasteiger partial charge is 0.311 e. The molecule has 5 heteroatoms. The van der Waals surface area contributed by atoms with E-state index in [-0.39, 0.29) is 12.5 Å². The molecule has 98 valence electrons. The zero-order chi connectivity index (χ0) is 13.1. The molecule has 0 aromatic rings.